The normalized spacial score (nSPS) is 11.8. The van der Waals surface area contributed by atoms with Crippen molar-refractivity contribution in [3.8, 4) is 0 Å². The van der Waals surface area contributed by atoms with Crippen LogP contribution in [0, 0.1) is 6.92 Å². The van der Waals surface area contributed by atoms with E-state index >= 15 is 0 Å². The lowest BCUT2D eigenvalue weighted by atomic mass is 10.2. The number of hydrogen-bond donors (Lipinski definition) is 1. The van der Waals surface area contributed by atoms with Gasteiger partial charge in [0.25, 0.3) is 0 Å². The molecule has 2 rings (SSSR count). The first kappa shape index (κ1) is 17.0. The lowest BCUT2D eigenvalue weighted by molar-refractivity contribution is 0.413. The summed E-state index contributed by atoms with van der Waals surface area (Å²) in [4.78, 5) is 0.265. The van der Waals surface area contributed by atoms with E-state index in [0.29, 0.717) is 17.1 Å². The maximum atomic E-state index is 12.9. The molecule has 0 atom stereocenters. The number of nitrogens with zero attached hydrogens (tertiary/aromatic N) is 1. The first-order valence-corrected chi connectivity index (χ1v) is 8.77. The van der Waals surface area contributed by atoms with Gasteiger partial charge in [-0.2, -0.15) is 4.31 Å². The number of aryl methyl sites for hydroxylation is 1. The standard InChI is InChI=1S/C16H19ClN2O2S/c1-13-11-15(17)7-8-16(13)22(20,21)19(10-9-18)12-14-5-3-2-4-6-14/h2-8,11H,9-10,12,18H2,1H3. The predicted molar refractivity (Wildman–Crippen MR) is 89.3 cm³/mol. The fraction of sp³-hybridized carbons (Fsp3) is 0.250. The van der Waals surface area contributed by atoms with E-state index in [1.807, 2.05) is 30.3 Å². The fourth-order valence-corrected chi connectivity index (χ4v) is 4.13. The Morgan fingerprint density at radius 1 is 1.14 bits per heavy atom. The van der Waals surface area contributed by atoms with Crippen LogP contribution in [0.1, 0.15) is 11.1 Å². The third kappa shape index (κ3) is 3.87. The Morgan fingerprint density at radius 3 is 2.41 bits per heavy atom. The van der Waals surface area contributed by atoms with E-state index in [2.05, 4.69) is 0 Å². The molecule has 0 heterocycles. The van der Waals surface area contributed by atoms with Crippen molar-refractivity contribution in [3.05, 3.63) is 64.7 Å². The minimum atomic E-state index is -3.61. The summed E-state index contributed by atoms with van der Waals surface area (Å²) in [7, 11) is -3.61. The molecule has 0 aliphatic heterocycles. The third-order valence-electron chi connectivity index (χ3n) is 3.34. The Hall–Kier alpha value is -1.40. The van der Waals surface area contributed by atoms with Gasteiger partial charge in [0.1, 0.15) is 0 Å². The molecule has 6 heteroatoms. The minimum absolute atomic E-state index is 0.263. The van der Waals surface area contributed by atoms with Crippen LogP contribution in [-0.4, -0.2) is 25.8 Å². The number of hydrogen-bond acceptors (Lipinski definition) is 3. The molecule has 0 amide bonds. The molecule has 0 radical (unpaired) electrons. The molecule has 0 saturated carbocycles. The van der Waals surface area contributed by atoms with Crippen molar-refractivity contribution in [2.75, 3.05) is 13.1 Å². The van der Waals surface area contributed by atoms with Crippen LogP contribution in [0.2, 0.25) is 5.02 Å². The molecule has 0 bridgehead atoms. The SMILES string of the molecule is Cc1cc(Cl)ccc1S(=O)(=O)N(CCN)Cc1ccccc1. The van der Waals surface area contributed by atoms with Gasteiger partial charge in [-0.15, -0.1) is 0 Å². The van der Waals surface area contributed by atoms with Crippen molar-refractivity contribution in [1.29, 1.82) is 0 Å². The van der Waals surface area contributed by atoms with E-state index < -0.39 is 10.0 Å². The van der Waals surface area contributed by atoms with Gasteiger partial charge in [0.05, 0.1) is 4.90 Å². The second-order valence-corrected chi connectivity index (χ2v) is 7.37. The van der Waals surface area contributed by atoms with Crippen molar-refractivity contribution in [2.24, 2.45) is 5.73 Å². The third-order valence-corrected chi connectivity index (χ3v) is 5.58. The van der Waals surface area contributed by atoms with Gasteiger partial charge in [0.2, 0.25) is 10.0 Å². The zero-order valence-electron chi connectivity index (χ0n) is 12.4. The highest BCUT2D eigenvalue weighted by molar-refractivity contribution is 7.89. The molecule has 118 valence electrons. The molecule has 4 nitrogen and oxygen atoms in total. The summed E-state index contributed by atoms with van der Waals surface area (Å²) in [6, 6.07) is 14.2. The molecule has 0 aliphatic carbocycles. The Kier molecular flexibility index (Phi) is 5.58. The molecule has 0 aliphatic rings. The molecule has 0 fully saturated rings. The first-order chi connectivity index (χ1) is 10.4. The number of nitrogens with two attached hydrogens (primary N) is 1. The average molecular weight is 339 g/mol. The summed E-state index contributed by atoms with van der Waals surface area (Å²) in [6.07, 6.45) is 0. The highest BCUT2D eigenvalue weighted by Crippen LogP contribution is 2.24. The summed E-state index contributed by atoms with van der Waals surface area (Å²) in [5, 5.41) is 0.518. The second-order valence-electron chi connectivity index (χ2n) is 5.02. The van der Waals surface area contributed by atoms with Crippen LogP contribution in [0.25, 0.3) is 0 Å². The average Bonchev–Trinajstić information content (AvgIpc) is 2.47. The van der Waals surface area contributed by atoms with E-state index in [9.17, 15) is 8.42 Å². The summed E-state index contributed by atoms with van der Waals surface area (Å²) >= 11 is 5.91. The van der Waals surface area contributed by atoms with Crippen molar-refractivity contribution < 1.29 is 8.42 Å². The van der Waals surface area contributed by atoms with Crippen molar-refractivity contribution >= 4 is 21.6 Å². The van der Waals surface area contributed by atoms with Crippen LogP contribution < -0.4 is 5.73 Å². The molecule has 0 unspecified atom stereocenters. The Bertz CT molecular complexity index is 733. The maximum absolute atomic E-state index is 12.9. The molecule has 2 N–H and O–H groups in total. The van der Waals surface area contributed by atoms with Gasteiger partial charge in [-0.3, -0.25) is 0 Å². The number of sulfonamides is 1. The van der Waals surface area contributed by atoms with E-state index in [1.54, 1.807) is 25.1 Å². The lowest BCUT2D eigenvalue weighted by Crippen LogP contribution is -2.35. The molecule has 0 spiro atoms. The summed E-state index contributed by atoms with van der Waals surface area (Å²) in [5.74, 6) is 0. The van der Waals surface area contributed by atoms with Crippen LogP contribution in [0.4, 0.5) is 0 Å². The fourth-order valence-electron chi connectivity index (χ4n) is 2.26. The predicted octanol–water partition coefficient (Wildman–Crippen LogP) is 2.80. The van der Waals surface area contributed by atoms with Gasteiger partial charge < -0.3 is 5.73 Å². The highest BCUT2D eigenvalue weighted by atomic mass is 35.5. The molecular weight excluding hydrogens is 320 g/mol. The maximum Gasteiger partial charge on any atom is 0.243 e. The van der Waals surface area contributed by atoms with Gasteiger partial charge in [-0.25, -0.2) is 8.42 Å². The van der Waals surface area contributed by atoms with Crippen molar-refractivity contribution in [3.63, 3.8) is 0 Å². The highest BCUT2D eigenvalue weighted by Gasteiger charge is 2.25. The smallest absolute Gasteiger partial charge is 0.243 e. The summed E-state index contributed by atoms with van der Waals surface area (Å²) in [5.41, 5.74) is 7.14. The van der Waals surface area contributed by atoms with Crippen molar-refractivity contribution in [1.82, 2.24) is 4.31 Å². The second kappa shape index (κ2) is 7.24. The van der Waals surface area contributed by atoms with E-state index in [1.165, 1.54) is 4.31 Å². The van der Waals surface area contributed by atoms with E-state index in [-0.39, 0.29) is 18.0 Å². The van der Waals surface area contributed by atoms with Gasteiger partial charge >= 0.3 is 0 Å². The van der Waals surface area contributed by atoms with Gasteiger partial charge in [-0.1, -0.05) is 41.9 Å². The minimum Gasteiger partial charge on any atom is -0.329 e. The number of benzene rings is 2. The number of rotatable bonds is 6. The zero-order chi connectivity index (χ0) is 16.2. The quantitative estimate of drug-likeness (QED) is 0.880. The number of halogens is 1. The van der Waals surface area contributed by atoms with Gasteiger partial charge in [0.15, 0.2) is 0 Å². The van der Waals surface area contributed by atoms with Gasteiger partial charge in [-0.05, 0) is 36.2 Å². The molecule has 0 aromatic heterocycles. The van der Waals surface area contributed by atoms with Crippen LogP contribution in [0.3, 0.4) is 0 Å². The Labute approximate surface area is 136 Å². The first-order valence-electron chi connectivity index (χ1n) is 6.95. The molecule has 0 saturated heterocycles. The summed E-state index contributed by atoms with van der Waals surface area (Å²) < 4.78 is 27.2. The molecule has 22 heavy (non-hydrogen) atoms. The largest absolute Gasteiger partial charge is 0.329 e. The van der Waals surface area contributed by atoms with Crippen LogP contribution in [0.5, 0.6) is 0 Å². The van der Waals surface area contributed by atoms with E-state index in [0.717, 1.165) is 5.56 Å². The Balaban J connectivity index is 2.37. The topological polar surface area (TPSA) is 63.4 Å². The van der Waals surface area contributed by atoms with Gasteiger partial charge in [0, 0.05) is 24.7 Å². The molecule has 2 aromatic rings. The van der Waals surface area contributed by atoms with E-state index in [4.69, 9.17) is 17.3 Å². The molecular formula is C16H19ClN2O2S. The van der Waals surface area contributed by atoms with Crippen LogP contribution in [-0.2, 0) is 16.6 Å². The Morgan fingerprint density at radius 2 is 1.82 bits per heavy atom. The van der Waals surface area contributed by atoms with Crippen LogP contribution in [0.15, 0.2) is 53.4 Å². The molecule has 2 aromatic carbocycles. The van der Waals surface area contributed by atoms with Crippen molar-refractivity contribution in [2.45, 2.75) is 18.4 Å². The zero-order valence-corrected chi connectivity index (χ0v) is 13.9. The monoisotopic (exact) mass is 338 g/mol. The van der Waals surface area contributed by atoms with Crippen LogP contribution >= 0.6 is 11.6 Å². The lowest BCUT2D eigenvalue weighted by Gasteiger charge is -2.22. The summed E-state index contributed by atoms with van der Waals surface area (Å²) in [6.45, 7) is 2.56.